The lowest BCUT2D eigenvalue weighted by Gasteiger charge is -2.50. The number of piperidine rings is 1. The fourth-order valence-electron chi connectivity index (χ4n) is 4.90. The number of nitrogens with one attached hydrogen (secondary N) is 1. The smallest absolute Gasteiger partial charge is 0.220 e. The quantitative estimate of drug-likeness (QED) is 0.823. The molecular weight excluding hydrogens is 302 g/mol. The molecule has 0 aromatic rings. The van der Waals surface area contributed by atoms with E-state index in [-0.39, 0.29) is 17.7 Å². The summed E-state index contributed by atoms with van der Waals surface area (Å²) < 4.78 is 0. The van der Waals surface area contributed by atoms with E-state index < -0.39 is 0 Å². The maximum absolute atomic E-state index is 10.2. The summed E-state index contributed by atoms with van der Waals surface area (Å²) in [5.41, 5.74) is -0.150. The topological polar surface area (TPSA) is 63.5 Å². The highest BCUT2D eigenvalue weighted by atomic mass is 16.3. The lowest BCUT2D eigenvalue weighted by Crippen LogP contribution is -2.66. The van der Waals surface area contributed by atoms with E-state index in [2.05, 4.69) is 53.3 Å². The Morgan fingerprint density at radius 1 is 1.38 bits per heavy atom. The zero-order valence-electron chi connectivity index (χ0n) is 14.9. The zero-order chi connectivity index (χ0) is 16.9. The van der Waals surface area contributed by atoms with E-state index in [9.17, 15) is 5.11 Å². The number of guanidine groups is 1. The number of hydrogen-bond acceptors (Lipinski definition) is 4. The van der Waals surface area contributed by atoms with Crippen LogP contribution in [0.25, 0.3) is 0 Å². The molecule has 4 unspecified atom stereocenters. The van der Waals surface area contributed by atoms with Crippen LogP contribution in [0.1, 0.15) is 46.0 Å². The number of rotatable bonds is 3. The first-order valence-electron chi connectivity index (χ1n) is 9.30. The number of aliphatic hydroxyl groups excluding tert-OH is 1. The third-order valence-corrected chi connectivity index (χ3v) is 6.05. The first kappa shape index (κ1) is 16.1. The van der Waals surface area contributed by atoms with E-state index in [0.29, 0.717) is 12.1 Å². The van der Waals surface area contributed by atoms with Crippen molar-refractivity contribution in [3.8, 4) is 0 Å². The Bertz CT molecular complexity index is 586. The molecule has 0 aromatic carbocycles. The van der Waals surface area contributed by atoms with E-state index in [1.54, 1.807) is 0 Å². The number of fused-ring (bicyclic) bond motifs is 3. The van der Waals surface area contributed by atoms with Crippen LogP contribution in [-0.4, -0.2) is 64.6 Å². The van der Waals surface area contributed by atoms with Crippen LogP contribution in [0, 0.1) is 5.41 Å². The molecular formula is C18H29N5O. The summed E-state index contributed by atoms with van der Waals surface area (Å²) in [6, 6.07) is 0.915. The molecule has 0 saturated carbocycles. The fraction of sp³-hybridized carbons (Fsp3) is 0.778. The lowest BCUT2D eigenvalue weighted by atomic mass is 9.82. The largest absolute Gasteiger partial charge is 0.393 e. The molecule has 6 heteroatoms. The van der Waals surface area contributed by atoms with Gasteiger partial charge in [0.15, 0.2) is 0 Å². The van der Waals surface area contributed by atoms with Gasteiger partial charge in [0.2, 0.25) is 5.96 Å². The molecule has 4 aliphatic heterocycles. The molecule has 24 heavy (non-hydrogen) atoms. The van der Waals surface area contributed by atoms with Crippen LogP contribution in [0.5, 0.6) is 0 Å². The molecule has 2 bridgehead atoms. The summed E-state index contributed by atoms with van der Waals surface area (Å²) >= 11 is 0. The van der Waals surface area contributed by atoms with Crippen LogP contribution >= 0.6 is 0 Å². The van der Waals surface area contributed by atoms with E-state index >= 15 is 0 Å². The van der Waals surface area contributed by atoms with Gasteiger partial charge >= 0.3 is 0 Å². The van der Waals surface area contributed by atoms with Crippen LogP contribution in [0.3, 0.4) is 0 Å². The average molecular weight is 331 g/mol. The predicted molar refractivity (Wildman–Crippen MR) is 95.9 cm³/mol. The third kappa shape index (κ3) is 2.39. The van der Waals surface area contributed by atoms with Crippen molar-refractivity contribution in [3.63, 3.8) is 0 Å². The Balaban J connectivity index is 1.69. The predicted octanol–water partition coefficient (Wildman–Crippen LogP) is 1.53. The van der Waals surface area contributed by atoms with Crippen molar-refractivity contribution in [2.24, 2.45) is 15.4 Å². The Morgan fingerprint density at radius 3 is 2.75 bits per heavy atom. The monoisotopic (exact) mass is 331 g/mol. The molecule has 0 spiro atoms. The van der Waals surface area contributed by atoms with Gasteiger partial charge in [-0.3, -0.25) is 9.89 Å². The fourth-order valence-corrected chi connectivity index (χ4v) is 4.90. The van der Waals surface area contributed by atoms with E-state index in [4.69, 9.17) is 4.99 Å². The van der Waals surface area contributed by atoms with Crippen LogP contribution in [0.2, 0.25) is 0 Å². The highest BCUT2D eigenvalue weighted by Gasteiger charge is 2.54. The minimum Gasteiger partial charge on any atom is -0.393 e. The first-order valence-corrected chi connectivity index (χ1v) is 9.30. The van der Waals surface area contributed by atoms with Crippen molar-refractivity contribution < 1.29 is 5.11 Å². The van der Waals surface area contributed by atoms with Gasteiger partial charge in [-0.05, 0) is 39.0 Å². The van der Waals surface area contributed by atoms with Gasteiger partial charge in [-0.1, -0.05) is 13.0 Å². The minimum absolute atomic E-state index is 0.140. The highest BCUT2D eigenvalue weighted by Crippen LogP contribution is 2.44. The molecule has 132 valence electrons. The molecule has 0 amide bonds. The van der Waals surface area contributed by atoms with E-state index in [1.165, 1.54) is 12.8 Å². The second kappa shape index (κ2) is 5.85. The summed E-state index contributed by atoms with van der Waals surface area (Å²) in [6.45, 7) is 5.20. The van der Waals surface area contributed by atoms with Gasteiger partial charge in [0.1, 0.15) is 5.84 Å². The number of aliphatic hydroxyl groups is 1. The number of aliphatic imine (C=N–C) groups is 2. The molecule has 6 nitrogen and oxygen atoms in total. The van der Waals surface area contributed by atoms with Crippen molar-refractivity contribution in [1.29, 1.82) is 0 Å². The van der Waals surface area contributed by atoms with E-state index in [0.717, 1.165) is 37.6 Å². The Hall–Kier alpha value is -1.40. The summed E-state index contributed by atoms with van der Waals surface area (Å²) in [5, 5.41) is 13.8. The van der Waals surface area contributed by atoms with Gasteiger partial charge in [0.05, 0.1) is 17.7 Å². The van der Waals surface area contributed by atoms with Crippen LogP contribution < -0.4 is 5.32 Å². The summed E-state index contributed by atoms with van der Waals surface area (Å²) in [4.78, 5) is 14.2. The average Bonchev–Trinajstić information content (AvgIpc) is 2.99. The summed E-state index contributed by atoms with van der Waals surface area (Å²) in [5.74, 6) is 1.84. The van der Waals surface area contributed by atoms with Gasteiger partial charge in [-0.15, -0.1) is 0 Å². The van der Waals surface area contributed by atoms with Crippen LogP contribution in [0.4, 0.5) is 0 Å². The highest BCUT2D eigenvalue weighted by molar-refractivity contribution is 6.04. The molecule has 0 aromatic heterocycles. The molecule has 4 rings (SSSR count). The molecule has 2 fully saturated rings. The van der Waals surface area contributed by atoms with E-state index in [1.807, 2.05) is 0 Å². The maximum atomic E-state index is 10.2. The molecule has 4 heterocycles. The van der Waals surface area contributed by atoms with Crippen molar-refractivity contribution in [2.75, 3.05) is 13.6 Å². The number of amidine groups is 1. The van der Waals surface area contributed by atoms with Gasteiger partial charge in [-0.25, -0.2) is 0 Å². The van der Waals surface area contributed by atoms with Crippen LogP contribution in [0.15, 0.2) is 22.3 Å². The zero-order valence-corrected chi connectivity index (χ0v) is 14.9. The third-order valence-electron chi connectivity index (χ3n) is 6.05. The number of hydrogen-bond donors (Lipinski definition) is 2. The Morgan fingerprint density at radius 2 is 2.08 bits per heavy atom. The second-order valence-electron chi connectivity index (χ2n) is 7.85. The summed E-state index contributed by atoms with van der Waals surface area (Å²) in [7, 11) is 2.06. The Labute approximate surface area is 144 Å². The van der Waals surface area contributed by atoms with Crippen molar-refractivity contribution in [2.45, 2.75) is 70.3 Å². The van der Waals surface area contributed by atoms with Gasteiger partial charge in [0, 0.05) is 31.9 Å². The molecule has 2 N–H and O–H groups in total. The maximum Gasteiger partial charge on any atom is 0.220 e. The summed E-state index contributed by atoms with van der Waals surface area (Å²) in [6.07, 6.45) is 9.57. The Kier molecular flexibility index (Phi) is 3.92. The normalized spacial score (nSPS) is 43.1. The minimum atomic E-state index is -0.150. The van der Waals surface area contributed by atoms with Gasteiger partial charge in [-0.2, -0.15) is 4.99 Å². The standard InChI is InChI=1S/C18H29N5O/c1-4-8-19-17-20-15-18(2,7-9-22(15)3)16(21-17)23-12-5-6-13(23)11-14(24)10-12/h7,9,12-14,16,24H,4-6,8,10-11H2,1-3H3,(H,19,21). The number of nitrogens with zero attached hydrogens (tertiary/aromatic N) is 4. The van der Waals surface area contributed by atoms with Crippen molar-refractivity contribution in [3.05, 3.63) is 12.3 Å². The van der Waals surface area contributed by atoms with Gasteiger partial charge < -0.3 is 15.3 Å². The molecule has 4 aliphatic rings. The van der Waals surface area contributed by atoms with Crippen molar-refractivity contribution in [1.82, 2.24) is 15.1 Å². The van der Waals surface area contributed by atoms with Gasteiger partial charge in [0.25, 0.3) is 0 Å². The van der Waals surface area contributed by atoms with Crippen molar-refractivity contribution >= 4 is 11.8 Å². The molecule has 0 radical (unpaired) electrons. The lowest BCUT2D eigenvalue weighted by molar-refractivity contribution is -0.0126. The molecule has 2 saturated heterocycles. The molecule has 4 atom stereocenters. The second-order valence-corrected chi connectivity index (χ2v) is 7.85. The SMILES string of the molecule is CCCN=C1N=C2N(C)C=CC2(C)C(N2C3CCC2CC(O)C3)N1. The molecule has 0 aliphatic carbocycles. The first-order chi connectivity index (χ1) is 11.5. The van der Waals surface area contributed by atoms with Crippen LogP contribution in [-0.2, 0) is 0 Å².